The van der Waals surface area contributed by atoms with Crippen molar-refractivity contribution in [2.24, 2.45) is 0 Å². The summed E-state index contributed by atoms with van der Waals surface area (Å²) in [4.78, 5) is 11.2. The zero-order valence-corrected chi connectivity index (χ0v) is 8.61. The molecule has 0 aliphatic carbocycles. The van der Waals surface area contributed by atoms with E-state index in [-0.39, 0.29) is 22.8 Å². The summed E-state index contributed by atoms with van der Waals surface area (Å²) < 4.78 is 9.74. The molecule has 0 heterocycles. The van der Waals surface area contributed by atoms with Crippen LogP contribution in [0.5, 0.6) is 17.2 Å². The molecule has 0 atom stereocenters. The van der Waals surface area contributed by atoms with Gasteiger partial charge in [-0.2, -0.15) is 0 Å². The van der Waals surface area contributed by atoms with Gasteiger partial charge >= 0.3 is 5.97 Å². The number of hydrogen-bond donors (Lipinski definition) is 1. The lowest BCUT2D eigenvalue weighted by atomic mass is 10.3. The Hall–Kier alpha value is -1.97. The largest absolute Gasteiger partial charge is 0.502 e. The third-order valence-corrected chi connectivity index (χ3v) is 1.73. The van der Waals surface area contributed by atoms with Crippen molar-refractivity contribution in [3.63, 3.8) is 0 Å². The summed E-state index contributed by atoms with van der Waals surface area (Å²) in [5.74, 6) is -0.475. The summed E-state index contributed by atoms with van der Waals surface area (Å²) in [7, 11) is 1.42. The SMILES string of the molecule is C=C(C)C(=O)Oc1cccc(OC)c1O. The predicted octanol–water partition coefficient (Wildman–Crippen LogP) is 1.88. The monoisotopic (exact) mass is 208 g/mol. The maximum Gasteiger partial charge on any atom is 0.338 e. The molecule has 0 aliphatic rings. The van der Waals surface area contributed by atoms with Crippen LogP contribution in [0.25, 0.3) is 0 Å². The van der Waals surface area contributed by atoms with Gasteiger partial charge < -0.3 is 14.6 Å². The summed E-state index contributed by atoms with van der Waals surface area (Å²) in [6.07, 6.45) is 0. The highest BCUT2D eigenvalue weighted by atomic mass is 16.5. The molecule has 0 aliphatic heterocycles. The molecule has 1 aromatic carbocycles. The molecular formula is C11H12O4. The first-order valence-corrected chi connectivity index (χ1v) is 4.30. The minimum Gasteiger partial charge on any atom is -0.502 e. The van der Waals surface area contributed by atoms with Gasteiger partial charge in [0.25, 0.3) is 0 Å². The molecule has 0 radical (unpaired) electrons. The van der Waals surface area contributed by atoms with Gasteiger partial charge in [0.05, 0.1) is 7.11 Å². The Labute approximate surface area is 87.7 Å². The van der Waals surface area contributed by atoms with Crippen molar-refractivity contribution in [1.29, 1.82) is 0 Å². The second kappa shape index (κ2) is 4.50. The number of aromatic hydroxyl groups is 1. The second-order valence-electron chi connectivity index (χ2n) is 2.98. The first-order valence-electron chi connectivity index (χ1n) is 4.30. The molecule has 0 saturated heterocycles. The second-order valence-corrected chi connectivity index (χ2v) is 2.98. The minimum atomic E-state index is -0.585. The number of benzene rings is 1. The first kappa shape index (κ1) is 11.1. The van der Waals surface area contributed by atoms with Crippen LogP contribution < -0.4 is 9.47 Å². The van der Waals surface area contributed by atoms with Crippen LogP contribution in [0.3, 0.4) is 0 Å². The molecule has 0 spiro atoms. The third kappa shape index (κ3) is 2.49. The minimum absolute atomic E-state index is 0.0577. The number of phenols is 1. The van der Waals surface area contributed by atoms with E-state index in [1.165, 1.54) is 20.1 Å². The predicted molar refractivity (Wildman–Crippen MR) is 55.1 cm³/mol. The van der Waals surface area contributed by atoms with E-state index in [1.54, 1.807) is 12.1 Å². The number of esters is 1. The third-order valence-electron chi connectivity index (χ3n) is 1.73. The first-order chi connectivity index (χ1) is 7.06. The van der Waals surface area contributed by atoms with Crippen molar-refractivity contribution in [2.45, 2.75) is 6.92 Å². The number of para-hydroxylation sites is 1. The van der Waals surface area contributed by atoms with Crippen LogP contribution in [-0.4, -0.2) is 18.2 Å². The molecule has 4 nitrogen and oxygen atoms in total. The molecule has 0 aromatic heterocycles. The van der Waals surface area contributed by atoms with Gasteiger partial charge in [0.2, 0.25) is 5.75 Å². The fourth-order valence-electron chi connectivity index (χ4n) is 0.936. The van der Waals surface area contributed by atoms with E-state index in [0.717, 1.165) is 0 Å². The fraction of sp³-hybridized carbons (Fsp3) is 0.182. The molecule has 1 aromatic rings. The van der Waals surface area contributed by atoms with Crippen LogP contribution >= 0.6 is 0 Å². The van der Waals surface area contributed by atoms with Crippen molar-refractivity contribution >= 4 is 5.97 Å². The van der Waals surface area contributed by atoms with E-state index in [1.807, 2.05) is 0 Å². The highest BCUT2D eigenvalue weighted by Crippen LogP contribution is 2.35. The average Bonchev–Trinajstić information content (AvgIpc) is 2.21. The molecule has 0 saturated carbocycles. The Morgan fingerprint density at radius 3 is 2.53 bits per heavy atom. The fourth-order valence-corrected chi connectivity index (χ4v) is 0.936. The van der Waals surface area contributed by atoms with Gasteiger partial charge in [0.15, 0.2) is 11.5 Å². The van der Waals surface area contributed by atoms with Gasteiger partial charge in [-0.05, 0) is 19.1 Å². The lowest BCUT2D eigenvalue weighted by Crippen LogP contribution is -2.08. The van der Waals surface area contributed by atoms with Crippen molar-refractivity contribution in [3.8, 4) is 17.2 Å². The Morgan fingerprint density at radius 2 is 2.00 bits per heavy atom. The van der Waals surface area contributed by atoms with Gasteiger partial charge in [0.1, 0.15) is 0 Å². The zero-order chi connectivity index (χ0) is 11.4. The summed E-state index contributed by atoms with van der Waals surface area (Å²) in [6, 6.07) is 4.64. The smallest absolute Gasteiger partial charge is 0.338 e. The van der Waals surface area contributed by atoms with Gasteiger partial charge in [-0.15, -0.1) is 0 Å². The number of carbonyl (C=O) groups excluding carboxylic acids is 1. The van der Waals surface area contributed by atoms with Crippen LogP contribution in [0, 0.1) is 0 Å². The van der Waals surface area contributed by atoms with E-state index in [2.05, 4.69) is 6.58 Å². The van der Waals surface area contributed by atoms with Gasteiger partial charge in [-0.3, -0.25) is 0 Å². The Morgan fingerprint density at radius 1 is 1.40 bits per heavy atom. The van der Waals surface area contributed by atoms with Crippen LogP contribution in [0.2, 0.25) is 0 Å². The Bertz CT molecular complexity index is 396. The highest BCUT2D eigenvalue weighted by Gasteiger charge is 2.12. The van der Waals surface area contributed by atoms with E-state index < -0.39 is 5.97 Å². The maximum absolute atomic E-state index is 11.2. The number of methoxy groups -OCH3 is 1. The maximum atomic E-state index is 11.2. The lowest BCUT2D eigenvalue weighted by molar-refractivity contribution is -0.130. The highest BCUT2D eigenvalue weighted by molar-refractivity contribution is 5.89. The topological polar surface area (TPSA) is 55.8 Å². The summed E-state index contributed by atoms with van der Waals surface area (Å²) >= 11 is 0. The van der Waals surface area contributed by atoms with Gasteiger partial charge in [-0.1, -0.05) is 12.6 Å². The molecule has 0 amide bonds. The molecule has 0 fully saturated rings. The van der Waals surface area contributed by atoms with Crippen LogP contribution in [0.15, 0.2) is 30.4 Å². The molecule has 0 bridgehead atoms. The van der Waals surface area contributed by atoms with Crippen molar-refractivity contribution < 1.29 is 19.4 Å². The Balaban J connectivity index is 2.95. The molecule has 1 rings (SSSR count). The molecule has 0 unspecified atom stereocenters. The van der Waals surface area contributed by atoms with E-state index >= 15 is 0 Å². The van der Waals surface area contributed by atoms with E-state index in [9.17, 15) is 9.90 Å². The van der Waals surface area contributed by atoms with E-state index in [0.29, 0.717) is 0 Å². The van der Waals surface area contributed by atoms with Crippen molar-refractivity contribution in [1.82, 2.24) is 0 Å². The summed E-state index contributed by atoms with van der Waals surface area (Å²) in [6.45, 7) is 4.96. The number of hydrogen-bond acceptors (Lipinski definition) is 4. The normalized spacial score (nSPS) is 9.47. The summed E-state index contributed by atoms with van der Waals surface area (Å²) in [5.41, 5.74) is 0.261. The van der Waals surface area contributed by atoms with Gasteiger partial charge in [0, 0.05) is 5.57 Å². The van der Waals surface area contributed by atoms with Crippen LogP contribution in [0.1, 0.15) is 6.92 Å². The van der Waals surface area contributed by atoms with Crippen LogP contribution in [0.4, 0.5) is 0 Å². The van der Waals surface area contributed by atoms with Crippen LogP contribution in [-0.2, 0) is 4.79 Å². The molecule has 1 N–H and O–H groups in total. The summed E-state index contributed by atoms with van der Waals surface area (Å²) in [5, 5.41) is 9.59. The number of ether oxygens (including phenoxy) is 2. The lowest BCUT2D eigenvalue weighted by Gasteiger charge is -2.08. The zero-order valence-electron chi connectivity index (χ0n) is 8.61. The molecular weight excluding hydrogens is 196 g/mol. The molecule has 4 heteroatoms. The van der Waals surface area contributed by atoms with Gasteiger partial charge in [-0.25, -0.2) is 4.79 Å². The number of phenolic OH excluding ortho intramolecular Hbond substituents is 1. The van der Waals surface area contributed by atoms with E-state index in [4.69, 9.17) is 9.47 Å². The Kier molecular flexibility index (Phi) is 3.33. The number of carbonyl (C=O) groups is 1. The van der Waals surface area contributed by atoms with Crippen molar-refractivity contribution in [2.75, 3.05) is 7.11 Å². The standard InChI is InChI=1S/C11H12O4/c1-7(2)11(13)15-9-6-4-5-8(14-3)10(9)12/h4-6,12H,1H2,2-3H3. The molecule has 15 heavy (non-hydrogen) atoms. The van der Waals surface area contributed by atoms with Crippen molar-refractivity contribution in [3.05, 3.63) is 30.4 Å². The quantitative estimate of drug-likeness (QED) is 0.468. The molecule has 80 valence electrons. The number of rotatable bonds is 3. The average molecular weight is 208 g/mol.